The number of anilines is 1. The molecule has 1 aliphatic rings. The highest BCUT2D eigenvalue weighted by atomic mass is 35.5. The fraction of sp³-hybridized carbons (Fsp3) is 0.387. The maximum absolute atomic E-state index is 13.7. The Morgan fingerprint density at radius 3 is 2.48 bits per heavy atom. The molecule has 2 aromatic carbocycles. The van der Waals surface area contributed by atoms with Crippen LogP contribution in [0.3, 0.4) is 0 Å². The fourth-order valence-electron chi connectivity index (χ4n) is 4.73. The van der Waals surface area contributed by atoms with Gasteiger partial charge in [-0.2, -0.15) is 5.48 Å². The van der Waals surface area contributed by atoms with Gasteiger partial charge < -0.3 is 24.4 Å². The molecule has 224 valence electrons. The van der Waals surface area contributed by atoms with Crippen molar-refractivity contribution in [3.05, 3.63) is 81.2 Å². The summed E-state index contributed by atoms with van der Waals surface area (Å²) < 4.78 is 17.7. The number of halogens is 1. The largest absolute Gasteiger partial charge is 0.495 e. The Morgan fingerprint density at radius 2 is 1.86 bits per heavy atom. The van der Waals surface area contributed by atoms with Gasteiger partial charge in [0.15, 0.2) is 0 Å². The summed E-state index contributed by atoms with van der Waals surface area (Å²) in [7, 11) is 2.81. The molecule has 2 heterocycles. The number of aromatic nitrogens is 1. The lowest BCUT2D eigenvalue weighted by molar-refractivity contribution is -0.120. The molecule has 0 saturated carbocycles. The average molecular weight is 598 g/mol. The van der Waals surface area contributed by atoms with Crippen molar-refractivity contribution >= 4 is 29.2 Å². The minimum Gasteiger partial charge on any atom is -0.495 e. The molecule has 0 bridgehead atoms. The molecule has 0 spiro atoms. The van der Waals surface area contributed by atoms with E-state index in [1.165, 1.54) is 24.9 Å². The number of pyridine rings is 1. The number of ether oxygens (including phenoxy) is 3. The van der Waals surface area contributed by atoms with Crippen LogP contribution in [0, 0.1) is 0 Å². The molecule has 10 nitrogen and oxygen atoms in total. The van der Waals surface area contributed by atoms with Crippen LogP contribution in [0.25, 0.3) is 11.1 Å². The number of methoxy groups -OCH3 is 2. The van der Waals surface area contributed by atoms with E-state index in [0.29, 0.717) is 34.2 Å². The molecule has 4 rings (SSSR count). The quantitative estimate of drug-likeness (QED) is 0.302. The number of carbonyl (C=O) groups is 2. The number of benzene rings is 2. The molecule has 2 N–H and O–H groups in total. The molecule has 0 radical (unpaired) electrons. The average Bonchev–Trinajstić information content (AvgIpc) is 3.50. The van der Waals surface area contributed by atoms with Crippen LogP contribution < -0.4 is 21.1 Å². The van der Waals surface area contributed by atoms with Crippen LogP contribution in [-0.2, 0) is 19.1 Å². The number of carbonyl (C=O) groups excluding carboxylic acids is 2. The number of hydrogen-bond acceptors (Lipinski definition) is 8. The molecule has 0 aliphatic carbocycles. The summed E-state index contributed by atoms with van der Waals surface area (Å²) >= 11 is 6.37. The Labute approximate surface area is 249 Å². The highest BCUT2D eigenvalue weighted by Gasteiger charge is 2.27. The van der Waals surface area contributed by atoms with Crippen LogP contribution in [0.15, 0.2) is 59.5 Å². The SMILES string of the molecule is COC(=O)c1ccc(NC(=O)C(CCOC(C)(C)C)n2cc(OC)c(-c3cc(Cl)ccc3C3CCON3)cc2=O)cc1. The number of nitrogens with zero attached hydrogens (tertiary/aromatic N) is 1. The Kier molecular flexibility index (Phi) is 10.1. The Morgan fingerprint density at radius 1 is 1.12 bits per heavy atom. The van der Waals surface area contributed by atoms with Gasteiger partial charge in [-0.25, -0.2) is 4.79 Å². The zero-order valence-corrected chi connectivity index (χ0v) is 25.1. The number of amides is 1. The van der Waals surface area contributed by atoms with Gasteiger partial charge >= 0.3 is 5.97 Å². The Bertz CT molecular complexity index is 1480. The Hall–Kier alpha value is -3.70. The van der Waals surface area contributed by atoms with E-state index in [9.17, 15) is 14.4 Å². The van der Waals surface area contributed by atoms with Gasteiger partial charge in [-0.3, -0.25) is 14.2 Å². The first-order valence-electron chi connectivity index (χ1n) is 13.6. The summed E-state index contributed by atoms with van der Waals surface area (Å²) in [4.78, 5) is 44.5. The summed E-state index contributed by atoms with van der Waals surface area (Å²) in [5.74, 6) is -0.511. The highest BCUT2D eigenvalue weighted by Crippen LogP contribution is 2.38. The number of esters is 1. The van der Waals surface area contributed by atoms with E-state index < -0.39 is 29.1 Å². The summed E-state index contributed by atoms with van der Waals surface area (Å²) in [6.07, 6.45) is 2.52. The summed E-state index contributed by atoms with van der Waals surface area (Å²) in [5, 5.41) is 3.36. The molecule has 1 aromatic heterocycles. The number of rotatable bonds is 10. The molecule has 1 aliphatic heterocycles. The Balaban J connectivity index is 1.71. The number of hydrogen-bond donors (Lipinski definition) is 2. The number of nitrogens with one attached hydrogen (secondary N) is 2. The molecule has 1 fully saturated rings. The third kappa shape index (κ3) is 7.57. The van der Waals surface area contributed by atoms with Gasteiger partial charge in [0.05, 0.1) is 44.2 Å². The standard InChI is InChI=1S/C31H36ClN3O7/c1-31(2,3)41-14-13-26(29(37)33-21-9-6-19(7-10-21)30(38)40-5)35-18-27(39-4)24(17-28(35)36)23-16-20(32)8-11-22(23)25-12-15-42-34-25/h6-11,16-18,25-26,34H,12-15H2,1-5H3,(H,33,37). The van der Waals surface area contributed by atoms with Gasteiger partial charge in [-0.1, -0.05) is 17.7 Å². The highest BCUT2D eigenvalue weighted by molar-refractivity contribution is 6.30. The molecule has 11 heteroatoms. The normalized spacial score (nSPS) is 15.7. The van der Waals surface area contributed by atoms with Gasteiger partial charge in [-0.15, -0.1) is 0 Å². The van der Waals surface area contributed by atoms with Crippen LogP contribution >= 0.6 is 11.6 Å². The first kappa shape index (κ1) is 31.2. The van der Waals surface area contributed by atoms with Crippen molar-refractivity contribution in [2.24, 2.45) is 0 Å². The van der Waals surface area contributed by atoms with Crippen molar-refractivity contribution in [2.75, 3.05) is 32.8 Å². The maximum Gasteiger partial charge on any atom is 0.337 e. The van der Waals surface area contributed by atoms with Crippen molar-refractivity contribution in [2.45, 2.75) is 51.3 Å². The van der Waals surface area contributed by atoms with Gasteiger partial charge in [0, 0.05) is 35.4 Å². The lowest BCUT2D eigenvalue weighted by atomic mass is 9.94. The third-order valence-corrected chi connectivity index (χ3v) is 7.05. The monoisotopic (exact) mass is 597 g/mol. The lowest BCUT2D eigenvalue weighted by Crippen LogP contribution is -2.34. The minimum absolute atomic E-state index is 0.0805. The minimum atomic E-state index is -0.924. The van der Waals surface area contributed by atoms with Gasteiger partial charge in [0.1, 0.15) is 11.8 Å². The van der Waals surface area contributed by atoms with Crippen molar-refractivity contribution < 1.29 is 28.6 Å². The van der Waals surface area contributed by atoms with E-state index in [-0.39, 0.29) is 19.1 Å². The molecule has 1 saturated heterocycles. The lowest BCUT2D eigenvalue weighted by Gasteiger charge is -2.24. The molecule has 2 atom stereocenters. The van der Waals surface area contributed by atoms with E-state index >= 15 is 0 Å². The van der Waals surface area contributed by atoms with Crippen LogP contribution in [0.4, 0.5) is 5.69 Å². The van der Waals surface area contributed by atoms with Crippen molar-refractivity contribution in [1.82, 2.24) is 10.0 Å². The van der Waals surface area contributed by atoms with Crippen molar-refractivity contribution in [3.8, 4) is 16.9 Å². The molecule has 42 heavy (non-hydrogen) atoms. The topological polar surface area (TPSA) is 117 Å². The molecule has 1 amide bonds. The van der Waals surface area contributed by atoms with Gasteiger partial charge in [0.25, 0.3) is 5.56 Å². The second kappa shape index (κ2) is 13.5. The third-order valence-electron chi connectivity index (χ3n) is 6.82. The van der Waals surface area contributed by atoms with Crippen molar-refractivity contribution in [1.29, 1.82) is 0 Å². The second-order valence-electron chi connectivity index (χ2n) is 10.9. The van der Waals surface area contributed by atoms with E-state index in [0.717, 1.165) is 17.5 Å². The van der Waals surface area contributed by atoms with Crippen LogP contribution in [0.2, 0.25) is 5.02 Å². The summed E-state index contributed by atoms with van der Waals surface area (Å²) in [6, 6.07) is 12.2. The zero-order valence-electron chi connectivity index (χ0n) is 24.4. The van der Waals surface area contributed by atoms with E-state index in [2.05, 4.69) is 10.8 Å². The van der Waals surface area contributed by atoms with E-state index in [1.54, 1.807) is 42.6 Å². The summed E-state index contributed by atoms with van der Waals surface area (Å²) in [6.45, 7) is 6.54. The van der Waals surface area contributed by atoms with E-state index in [4.69, 9.17) is 30.6 Å². The van der Waals surface area contributed by atoms with Crippen LogP contribution in [0.1, 0.15) is 61.6 Å². The van der Waals surface area contributed by atoms with Gasteiger partial charge in [-0.05, 0) is 74.7 Å². The molecular formula is C31H36ClN3O7. The van der Waals surface area contributed by atoms with Crippen LogP contribution in [0.5, 0.6) is 5.75 Å². The predicted molar refractivity (Wildman–Crippen MR) is 160 cm³/mol. The van der Waals surface area contributed by atoms with Gasteiger partial charge in [0.2, 0.25) is 5.91 Å². The van der Waals surface area contributed by atoms with Crippen LogP contribution in [-0.4, -0.2) is 49.5 Å². The van der Waals surface area contributed by atoms with Crippen molar-refractivity contribution in [3.63, 3.8) is 0 Å². The predicted octanol–water partition coefficient (Wildman–Crippen LogP) is 5.31. The fourth-order valence-corrected chi connectivity index (χ4v) is 4.90. The molecule has 2 unspecified atom stereocenters. The first-order chi connectivity index (χ1) is 20.0. The summed E-state index contributed by atoms with van der Waals surface area (Å²) in [5.41, 5.74) is 5.18. The second-order valence-corrected chi connectivity index (χ2v) is 11.3. The van der Waals surface area contributed by atoms with E-state index in [1.807, 2.05) is 26.8 Å². The zero-order chi connectivity index (χ0) is 30.4. The molecular weight excluding hydrogens is 562 g/mol. The maximum atomic E-state index is 13.7. The smallest absolute Gasteiger partial charge is 0.337 e. The first-order valence-corrected chi connectivity index (χ1v) is 14.0. The number of hydroxylamine groups is 1. The molecule has 3 aromatic rings.